The molecule has 0 atom stereocenters. The SMILES string of the molecule is CN(C)c1ccc(/C=C/c2ccc(/C=C/c3ccc(/C=C/c4ccc([N+](=O)[O-])cc4)cc3)cc2)cc1. The van der Waals surface area contributed by atoms with E-state index in [4.69, 9.17) is 0 Å². The van der Waals surface area contributed by atoms with Crippen LogP contribution in [0.3, 0.4) is 0 Å². The van der Waals surface area contributed by atoms with Crippen LogP contribution in [0.15, 0.2) is 97.1 Å². The van der Waals surface area contributed by atoms with Gasteiger partial charge >= 0.3 is 0 Å². The molecule has 0 amide bonds. The highest BCUT2D eigenvalue weighted by Gasteiger charge is 2.02. The normalized spacial score (nSPS) is 11.5. The number of nitro benzene ring substituents is 1. The second kappa shape index (κ2) is 11.6. The summed E-state index contributed by atoms with van der Waals surface area (Å²) in [5, 5.41) is 10.8. The van der Waals surface area contributed by atoms with Crippen LogP contribution in [0.5, 0.6) is 0 Å². The lowest BCUT2D eigenvalue weighted by Crippen LogP contribution is -2.07. The predicted molar refractivity (Wildman–Crippen MR) is 154 cm³/mol. The van der Waals surface area contributed by atoms with E-state index in [1.165, 1.54) is 23.4 Å². The van der Waals surface area contributed by atoms with Crippen LogP contribution in [0.4, 0.5) is 11.4 Å². The minimum Gasteiger partial charge on any atom is -0.378 e. The first-order chi connectivity index (χ1) is 17.5. The van der Waals surface area contributed by atoms with E-state index < -0.39 is 4.92 Å². The molecule has 0 spiro atoms. The van der Waals surface area contributed by atoms with Gasteiger partial charge in [-0.3, -0.25) is 10.1 Å². The fraction of sp³-hybridized carbons (Fsp3) is 0.0625. The Bertz CT molecular complexity index is 1380. The lowest BCUT2D eigenvalue weighted by Gasteiger charge is -2.11. The third-order valence-electron chi connectivity index (χ3n) is 5.79. The minimum absolute atomic E-state index is 0.0976. The molecular weight excluding hydrogens is 444 g/mol. The molecule has 0 N–H and O–H groups in total. The zero-order chi connectivity index (χ0) is 25.3. The van der Waals surface area contributed by atoms with Crippen LogP contribution in [0.1, 0.15) is 33.4 Å². The van der Waals surface area contributed by atoms with Crippen LogP contribution in [-0.4, -0.2) is 19.0 Å². The van der Waals surface area contributed by atoms with Crippen LogP contribution in [0.2, 0.25) is 0 Å². The number of non-ortho nitro benzene ring substituents is 1. The van der Waals surface area contributed by atoms with Crippen LogP contribution >= 0.6 is 0 Å². The molecule has 4 rings (SSSR count). The van der Waals surface area contributed by atoms with Crippen molar-refractivity contribution in [2.75, 3.05) is 19.0 Å². The molecular formula is C32H28N2O2. The van der Waals surface area contributed by atoms with Crippen molar-refractivity contribution in [2.24, 2.45) is 0 Å². The molecule has 0 heterocycles. The third-order valence-corrected chi connectivity index (χ3v) is 5.79. The lowest BCUT2D eigenvalue weighted by atomic mass is 10.1. The summed E-state index contributed by atoms with van der Waals surface area (Å²) in [6.07, 6.45) is 12.4. The first kappa shape index (κ1) is 24.4. The Morgan fingerprint density at radius 1 is 0.500 bits per heavy atom. The van der Waals surface area contributed by atoms with Gasteiger partial charge in [-0.25, -0.2) is 0 Å². The van der Waals surface area contributed by atoms with Gasteiger partial charge in [0.05, 0.1) is 4.92 Å². The summed E-state index contributed by atoms with van der Waals surface area (Å²) >= 11 is 0. The van der Waals surface area contributed by atoms with E-state index in [9.17, 15) is 10.1 Å². The van der Waals surface area contributed by atoms with Crippen molar-refractivity contribution in [1.29, 1.82) is 0 Å². The van der Waals surface area contributed by atoms with Crippen LogP contribution in [0, 0.1) is 10.1 Å². The van der Waals surface area contributed by atoms with Crippen molar-refractivity contribution in [3.63, 3.8) is 0 Å². The predicted octanol–water partition coefficient (Wildman–Crippen LogP) is 8.17. The average Bonchev–Trinajstić information content (AvgIpc) is 2.91. The molecule has 0 saturated heterocycles. The van der Waals surface area contributed by atoms with Crippen LogP contribution in [0.25, 0.3) is 36.5 Å². The fourth-order valence-electron chi connectivity index (χ4n) is 3.60. The molecule has 0 fully saturated rings. The molecule has 4 nitrogen and oxygen atoms in total. The molecule has 4 heteroatoms. The number of nitrogens with zero attached hydrogens (tertiary/aromatic N) is 2. The average molecular weight is 473 g/mol. The van der Waals surface area contributed by atoms with Crippen molar-refractivity contribution in [3.05, 3.63) is 141 Å². The first-order valence-corrected chi connectivity index (χ1v) is 11.7. The first-order valence-electron chi connectivity index (χ1n) is 11.7. The Hall–Kier alpha value is -4.70. The molecule has 0 aliphatic carbocycles. The van der Waals surface area contributed by atoms with Gasteiger partial charge in [0.1, 0.15) is 0 Å². The fourth-order valence-corrected chi connectivity index (χ4v) is 3.60. The highest BCUT2D eigenvalue weighted by molar-refractivity contribution is 5.75. The van der Waals surface area contributed by atoms with E-state index in [1.807, 2.05) is 26.2 Å². The molecule has 4 aromatic rings. The maximum absolute atomic E-state index is 10.8. The van der Waals surface area contributed by atoms with Gasteiger partial charge in [-0.1, -0.05) is 97.1 Å². The standard InChI is InChI=1S/C32H28N2O2/c1-33(2)31-21-17-29(18-22-31)15-13-27-9-5-25(6-10-27)3-4-26-7-11-28(12-8-26)14-16-30-19-23-32(24-20-30)34(35)36/h3-24H,1-2H3/b4-3+,15-13+,16-14+. The van der Waals surface area contributed by atoms with Gasteiger partial charge in [0, 0.05) is 31.9 Å². The molecule has 4 aromatic carbocycles. The molecule has 0 aliphatic rings. The van der Waals surface area contributed by atoms with E-state index in [0.717, 1.165) is 27.8 Å². The van der Waals surface area contributed by atoms with Crippen LogP contribution < -0.4 is 4.90 Å². The Morgan fingerprint density at radius 3 is 1.00 bits per heavy atom. The number of hydrogen-bond acceptors (Lipinski definition) is 3. The summed E-state index contributed by atoms with van der Waals surface area (Å²) in [4.78, 5) is 12.5. The maximum Gasteiger partial charge on any atom is 0.269 e. The van der Waals surface area contributed by atoms with Crippen molar-refractivity contribution < 1.29 is 4.92 Å². The molecule has 0 radical (unpaired) electrons. The van der Waals surface area contributed by atoms with Gasteiger partial charge in [0.25, 0.3) is 5.69 Å². The largest absolute Gasteiger partial charge is 0.378 e. The monoisotopic (exact) mass is 472 g/mol. The molecule has 0 aromatic heterocycles. The Balaban J connectivity index is 1.33. The summed E-state index contributed by atoms with van der Waals surface area (Å²) in [5.74, 6) is 0. The summed E-state index contributed by atoms with van der Waals surface area (Å²) in [6.45, 7) is 0. The number of nitro groups is 1. The minimum atomic E-state index is -0.391. The van der Waals surface area contributed by atoms with Crippen molar-refractivity contribution in [1.82, 2.24) is 0 Å². The quantitative estimate of drug-likeness (QED) is 0.148. The second-order valence-corrected chi connectivity index (χ2v) is 8.67. The van der Waals surface area contributed by atoms with E-state index >= 15 is 0 Å². The molecule has 0 saturated carbocycles. The van der Waals surface area contributed by atoms with E-state index in [2.05, 4.69) is 102 Å². The topological polar surface area (TPSA) is 46.4 Å². The Morgan fingerprint density at radius 2 is 0.750 bits per heavy atom. The number of hydrogen-bond donors (Lipinski definition) is 0. The smallest absolute Gasteiger partial charge is 0.269 e. The highest BCUT2D eigenvalue weighted by Crippen LogP contribution is 2.17. The molecule has 178 valence electrons. The lowest BCUT2D eigenvalue weighted by molar-refractivity contribution is -0.384. The zero-order valence-corrected chi connectivity index (χ0v) is 20.4. The van der Waals surface area contributed by atoms with E-state index in [1.54, 1.807) is 12.1 Å². The maximum atomic E-state index is 10.8. The van der Waals surface area contributed by atoms with Gasteiger partial charge in [-0.2, -0.15) is 0 Å². The molecule has 36 heavy (non-hydrogen) atoms. The van der Waals surface area contributed by atoms with Crippen molar-refractivity contribution in [2.45, 2.75) is 0 Å². The number of rotatable bonds is 8. The molecule has 0 aliphatic heterocycles. The second-order valence-electron chi connectivity index (χ2n) is 8.67. The van der Waals surface area contributed by atoms with Gasteiger partial charge in [-0.05, 0) is 57.6 Å². The number of benzene rings is 4. The van der Waals surface area contributed by atoms with Crippen molar-refractivity contribution in [3.8, 4) is 0 Å². The Labute approximate surface area is 212 Å². The highest BCUT2D eigenvalue weighted by atomic mass is 16.6. The molecule has 0 unspecified atom stereocenters. The van der Waals surface area contributed by atoms with Gasteiger partial charge < -0.3 is 4.90 Å². The van der Waals surface area contributed by atoms with Gasteiger partial charge in [0.2, 0.25) is 0 Å². The third kappa shape index (κ3) is 6.90. The van der Waals surface area contributed by atoms with Crippen LogP contribution in [-0.2, 0) is 0 Å². The summed E-state index contributed by atoms with van der Waals surface area (Å²) in [5.41, 5.74) is 7.88. The Kier molecular flexibility index (Phi) is 7.89. The van der Waals surface area contributed by atoms with Crippen molar-refractivity contribution >= 4 is 47.8 Å². The summed E-state index contributed by atoms with van der Waals surface area (Å²) in [7, 11) is 4.08. The van der Waals surface area contributed by atoms with Gasteiger partial charge in [0.15, 0.2) is 0 Å². The summed E-state index contributed by atoms with van der Waals surface area (Å²) in [6, 6.07) is 31.7. The van der Waals surface area contributed by atoms with E-state index in [-0.39, 0.29) is 5.69 Å². The zero-order valence-electron chi connectivity index (χ0n) is 20.4. The van der Waals surface area contributed by atoms with E-state index in [0.29, 0.717) is 0 Å². The number of anilines is 1. The summed E-state index contributed by atoms with van der Waals surface area (Å²) < 4.78 is 0. The van der Waals surface area contributed by atoms with Gasteiger partial charge in [-0.15, -0.1) is 0 Å². The molecule has 0 bridgehead atoms.